The van der Waals surface area contributed by atoms with Gasteiger partial charge in [0.25, 0.3) is 5.60 Å². The van der Waals surface area contributed by atoms with E-state index in [0.29, 0.717) is 24.2 Å². The summed E-state index contributed by atoms with van der Waals surface area (Å²) in [6.45, 7) is 7.60. The van der Waals surface area contributed by atoms with Crippen LogP contribution in [0.25, 0.3) is 0 Å². The number of terminal acetylenes is 1. The fourth-order valence-corrected chi connectivity index (χ4v) is 5.83. The summed E-state index contributed by atoms with van der Waals surface area (Å²) in [6.07, 6.45) is 3.62. The number of carboxylic acid groups (broad SMARTS) is 1. The molecule has 1 aromatic carbocycles. The molecular formula is C31H39NO12. The van der Waals surface area contributed by atoms with Gasteiger partial charge in [0.2, 0.25) is 5.60 Å². The molecule has 0 saturated carbocycles. The largest absolute Gasteiger partial charge is 0.480 e. The molecule has 0 spiro atoms. The predicted octanol–water partition coefficient (Wildman–Crippen LogP) is 1.98. The van der Waals surface area contributed by atoms with E-state index in [1.54, 1.807) is 56.9 Å². The van der Waals surface area contributed by atoms with Gasteiger partial charge in [-0.25, -0.2) is 14.4 Å². The van der Waals surface area contributed by atoms with Gasteiger partial charge in [0.05, 0.1) is 19.8 Å². The molecule has 0 aliphatic carbocycles. The van der Waals surface area contributed by atoms with E-state index in [0.717, 1.165) is 6.42 Å². The van der Waals surface area contributed by atoms with Gasteiger partial charge in [-0.3, -0.25) is 4.79 Å². The average molecular weight is 618 g/mol. The fraction of sp³-hybridized carbons (Fsp3) is 0.613. The van der Waals surface area contributed by atoms with Crippen LogP contribution in [0.4, 0.5) is 5.69 Å². The molecule has 3 aliphatic rings. The first kappa shape index (κ1) is 33.2. The standard InChI is InChI=1S/C31H39NO12/c1-7-30(42-19(4)33)23(41-26-24(30)43-29(5,6)44-26)18-40-31(27(36)38-8-2,28(37)39-9-3)17-20-12-14-21(15-13-20)32-16-10-11-22(32)25(34)35/h1,12-15,22-24,26H,8-11,16-18H2,2-6H3,(H,34,35)/t22?,23-,24+,26-,30-/m1/s1. The molecule has 44 heavy (non-hydrogen) atoms. The topological polar surface area (TPSA) is 156 Å². The van der Waals surface area contributed by atoms with Crippen LogP contribution < -0.4 is 4.90 Å². The van der Waals surface area contributed by atoms with Crippen molar-refractivity contribution in [3.05, 3.63) is 29.8 Å². The molecule has 13 heteroatoms. The molecule has 0 aromatic heterocycles. The maximum absolute atomic E-state index is 13.5. The Labute approximate surface area is 256 Å². The first-order valence-corrected chi connectivity index (χ1v) is 14.6. The van der Waals surface area contributed by atoms with Gasteiger partial charge in [-0.05, 0) is 58.2 Å². The Morgan fingerprint density at radius 2 is 1.73 bits per heavy atom. The van der Waals surface area contributed by atoms with Crippen LogP contribution in [0.1, 0.15) is 53.0 Å². The van der Waals surface area contributed by atoms with Gasteiger partial charge in [0, 0.05) is 25.6 Å². The highest BCUT2D eigenvalue weighted by molar-refractivity contribution is 6.04. The highest BCUT2D eigenvalue weighted by atomic mass is 16.8. The van der Waals surface area contributed by atoms with Crippen LogP contribution >= 0.6 is 0 Å². The quantitative estimate of drug-likeness (QED) is 0.157. The van der Waals surface area contributed by atoms with E-state index < -0.39 is 72.0 Å². The number of anilines is 1. The van der Waals surface area contributed by atoms with E-state index in [4.69, 9.17) is 39.6 Å². The van der Waals surface area contributed by atoms with Gasteiger partial charge in [0.15, 0.2) is 18.2 Å². The summed E-state index contributed by atoms with van der Waals surface area (Å²) in [6, 6.07) is 6.15. The molecule has 13 nitrogen and oxygen atoms in total. The van der Waals surface area contributed by atoms with Crippen LogP contribution in [0.5, 0.6) is 0 Å². The molecule has 240 valence electrons. The van der Waals surface area contributed by atoms with Gasteiger partial charge in [-0.1, -0.05) is 18.1 Å². The first-order valence-electron chi connectivity index (χ1n) is 14.6. The summed E-state index contributed by atoms with van der Waals surface area (Å²) < 4.78 is 40.1. The van der Waals surface area contributed by atoms with Crippen molar-refractivity contribution in [2.45, 2.75) is 95.4 Å². The molecule has 3 heterocycles. The molecule has 4 rings (SSSR count). The van der Waals surface area contributed by atoms with Crippen molar-refractivity contribution in [2.75, 3.05) is 31.3 Å². The third-order valence-electron chi connectivity index (χ3n) is 7.75. The van der Waals surface area contributed by atoms with Crippen molar-refractivity contribution in [1.29, 1.82) is 0 Å². The number of carbonyl (C=O) groups excluding carboxylic acids is 3. The second kappa shape index (κ2) is 13.1. The molecule has 5 atom stereocenters. The zero-order valence-corrected chi connectivity index (χ0v) is 25.5. The number of ether oxygens (including phenoxy) is 7. The highest BCUT2D eigenvalue weighted by Gasteiger charge is 2.66. The zero-order chi connectivity index (χ0) is 32.3. The summed E-state index contributed by atoms with van der Waals surface area (Å²) in [7, 11) is 0. The SMILES string of the molecule is C#C[C@@]1(OC(C)=O)[C@@H](COC(Cc2ccc(N3CCCC3C(=O)O)cc2)(C(=O)OCC)C(=O)OCC)O[C@@H]2OC(C)(C)O[C@@H]21. The second-order valence-electron chi connectivity index (χ2n) is 11.2. The lowest BCUT2D eigenvalue weighted by molar-refractivity contribution is -0.239. The van der Waals surface area contributed by atoms with Gasteiger partial charge >= 0.3 is 23.9 Å². The van der Waals surface area contributed by atoms with Crippen molar-refractivity contribution in [3.63, 3.8) is 0 Å². The summed E-state index contributed by atoms with van der Waals surface area (Å²) >= 11 is 0. The normalized spacial score (nSPS) is 27.3. The molecule has 1 aromatic rings. The average Bonchev–Trinajstić information content (AvgIpc) is 3.64. The molecule has 0 bridgehead atoms. The van der Waals surface area contributed by atoms with Crippen molar-refractivity contribution in [3.8, 4) is 12.3 Å². The lowest BCUT2D eigenvalue weighted by Gasteiger charge is -2.35. The molecule has 0 amide bonds. The lowest BCUT2D eigenvalue weighted by Crippen LogP contribution is -2.57. The fourth-order valence-electron chi connectivity index (χ4n) is 5.83. The molecule has 3 saturated heterocycles. The third-order valence-corrected chi connectivity index (χ3v) is 7.75. The van der Waals surface area contributed by atoms with Crippen LogP contribution in [-0.4, -0.2) is 96.9 Å². The van der Waals surface area contributed by atoms with E-state index in [-0.39, 0.29) is 19.6 Å². The Bertz CT molecular complexity index is 1270. The van der Waals surface area contributed by atoms with E-state index in [2.05, 4.69) is 5.92 Å². The number of nitrogens with zero attached hydrogens (tertiary/aromatic N) is 1. The Hall–Kier alpha value is -3.70. The summed E-state index contributed by atoms with van der Waals surface area (Å²) in [5.41, 5.74) is -2.92. The van der Waals surface area contributed by atoms with Crippen molar-refractivity contribution >= 4 is 29.6 Å². The Morgan fingerprint density at radius 1 is 1.09 bits per heavy atom. The predicted molar refractivity (Wildman–Crippen MR) is 152 cm³/mol. The number of hydrogen-bond acceptors (Lipinski definition) is 12. The van der Waals surface area contributed by atoms with E-state index >= 15 is 0 Å². The molecule has 3 aliphatic heterocycles. The zero-order valence-electron chi connectivity index (χ0n) is 25.5. The second-order valence-corrected chi connectivity index (χ2v) is 11.2. The third kappa shape index (κ3) is 6.39. The Kier molecular flexibility index (Phi) is 9.90. The monoisotopic (exact) mass is 617 g/mol. The molecule has 3 fully saturated rings. The van der Waals surface area contributed by atoms with Crippen LogP contribution in [0.15, 0.2) is 24.3 Å². The number of esters is 3. The lowest BCUT2D eigenvalue weighted by atomic mass is 9.91. The maximum atomic E-state index is 13.5. The number of fused-ring (bicyclic) bond motifs is 1. The number of carbonyl (C=O) groups is 4. The van der Waals surface area contributed by atoms with Crippen molar-refractivity contribution in [1.82, 2.24) is 0 Å². The van der Waals surface area contributed by atoms with E-state index in [1.807, 2.05) is 0 Å². The number of benzene rings is 1. The van der Waals surface area contributed by atoms with Gasteiger partial charge < -0.3 is 43.2 Å². The summed E-state index contributed by atoms with van der Waals surface area (Å²) in [5, 5.41) is 9.58. The Balaban J connectivity index is 1.66. The summed E-state index contributed by atoms with van der Waals surface area (Å²) in [5.74, 6) is -2.23. The highest BCUT2D eigenvalue weighted by Crippen LogP contribution is 2.45. The molecule has 1 N–H and O–H groups in total. The molecule has 0 radical (unpaired) electrons. The Morgan fingerprint density at radius 3 is 2.27 bits per heavy atom. The van der Waals surface area contributed by atoms with Gasteiger partial charge in [-0.2, -0.15) is 0 Å². The van der Waals surface area contributed by atoms with Crippen LogP contribution in [0.2, 0.25) is 0 Å². The van der Waals surface area contributed by atoms with Gasteiger partial charge in [0.1, 0.15) is 12.1 Å². The van der Waals surface area contributed by atoms with Crippen LogP contribution in [-0.2, 0) is 58.8 Å². The number of aliphatic carboxylic acids is 1. The van der Waals surface area contributed by atoms with Crippen molar-refractivity contribution < 1.29 is 57.4 Å². The van der Waals surface area contributed by atoms with Gasteiger partial charge in [-0.15, -0.1) is 6.42 Å². The van der Waals surface area contributed by atoms with Crippen LogP contribution in [0, 0.1) is 12.3 Å². The minimum absolute atomic E-state index is 0.0591. The van der Waals surface area contributed by atoms with Crippen LogP contribution in [0.3, 0.4) is 0 Å². The summed E-state index contributed by atoms with van der Waals surface area (Å²) in [4.78, 5) is 52.7. The smallest absolute Gasteiger partial charge is 0.350 e. The molecular weight excluding hydrogens is 578 g/mol. The van der Waals surface area contributed by atoms with E-state index in [1.165, 1.54) is 6.92 Å². The molecule has 1 unspecified atom stereocenters. The minimum Gasteiger partial charge on any atom is -0.480 e. The van der Waals surface area contributed by atoms with Crippen molar-refractivity contribution in [2.24, 2.45) is 0 Å². The first-order chi connectivity index (χ1) is 20.8. The number of rotatable bonds is 12. The minimum atomic E-state index is -2.30. The number of carboxylic acids is 1. The number of hydrogen-bond donors (Lipinski definition) is 1. The van der Waals surface area contributed by atoms with E-state index in [9.17, 15) is 24.3 Å². The maximum Gasteiger partial charge on any atom is 0.350 e.